The molecule has 2 aromatic heterocycles. The molecular weight excluding hydrogens is 338 g/mol. The molecule has 1 fully saturated rings. The Kier molecular flexibility index (Phi) is 4.13. The monoisotopic (exact) mass is 361 g/mol. The lowest BCUT2D eigenvalue weighted by molar-refractivity contribution is 0.0545. The Labute approximate surface area is 158 Å². The summed E-state index contributed by atoms with van der Waals surface area (Å²) in [5.41, 5.74) is 4.25. The van der Waals surface area contributed by atoms with Crippen LogP contribution in [0.3, 0.4) is 0 Å². The number of aromatic nitrogens is 3. The molecule has 0 saturated carbocycles. The molecule has 6 heteroatoms. The summed E-state index contributed by atoms with van der Waals surface area (Å²) in [6.07, 6.45) is 6.82. The van der Waals surface area contributed by atoms with Crippen LogP contribution in [0, 0.1) is 0 Å². The van der Waals surface area contributed by atoms with Crippen molar-refractivity contribution in [2.75, 3.05) is 26.2 Å². The largest absolute Gasteiger partial charge is 0.335 e. The van der Waals surface area contributed by atoms with E-state index in [1.807, 2.05) is 17.0 Å². The second-order valence-electron chi connectivity index (χ2n) is 7.43. The van der Waals surface area contributed by atoms with E-state index in [2.05, 4.69) is 39.2 Å². The van der Waals surface area contributed by atoms with E-state index >= 15 is 0 Å². The number of aryl methyl sites for hydroxylation is 1. The molecule has 0 spiro atoms. The highest BCUT2D eigenvalue weighted by Crippen LogP contribution is 2.25. The normalized spacial score (nSPS) is 20.6. The molecule has 1 aromatic carbocycles. The maximum Gasteiger partial charge on any atom is 0.274 e. The SMILES string of the molecule is O=C(c1cnc2cccnn12)N1CCN([C@H]2CCc3ccccc3C2)CC1. The van der Waals surface area contributed by atoms with E-state index in [0.29, 0.717) is 17.4 Å². The zero-order valence-electron chi connectivity index (χ0n) is 15.3. The van der Waals surface area contributed by atoms with Gasteiger partial charge in [-0.1, -0.05) is 24.3 Å². The minimum atomic E-state index is 0.0230. The highest BCUT2D eigenvalue weighted by atomic mass is 16.2. The second-order valence-corrected chi connectivity index (χ2v) is 7.43. The smallest absolute Gasteiger partial charge is 0.274 e. The Morgan fingerprint density at radius 3 is 2.67 bits per heavy atom. The van der Waals surface area contributed by atoms with Gasteiger partial charge in [0.2, 0.25) is 0 Å². The summed E-state index contributed by atoms with van der Waals surface area (Å²) < 4.78 is 1.63. The number of hydrogen-bond acceptors (Lipinski definition) is 4. The maximum absolute atomic E-state index is 12.9. The molecule has 27 heavy (non-hydrogen) atoms. The predicted octanol–water partition coefficient (Wildman–Crippen LogP) is 2.04. The van der Waals surface area contributed by atoms with Gasteiger partial charge in [0, 0.05) is 38.4 Å². The first-order valence-corrected chi connectivity index (χ1v) is 9.68. The van der Waals surface area contributed by atoms with Crippen LogP contribution in [0.1, 0.15) is 28.0 Å². The minimum Gasteiger partial charge on any atom is -0.335 e. The fourth-order valence-corrected chi connectivity index (χ4v) is 4.42. The highest BCUT2D eigenvalue weighted by molar-refractivity contribution is 5.93. The van der Waals surface area contributed by atoms with Crippen molar-refractivity contribution in [3.63, 3.8) is 0 Å². The summed E-state index contributed by atoms with van der Waals surface area (Å²) in [6.45, 7) is 3.39. The van der Waals surface area contributed by atoms with Gasteiger partial charge in [-0.3, -0.25) is 9.69 Å². The lowest BCUT2D eigenvalue weighted by Crippen LogP contribution is -2.53. The summed E-state index contributed by atoms with van der Waals surface area (Å²) in [6, 6.07) is 13.1. The van der Waals surface area contributed by atoms with Gasteiger partial charge in [-0.2, -0.15) is 5.10 Å². The molecule has 1 aliphatic heterocycles. The molecule has 3 heterocycles. The van der Waals surface area contributed by atoms with Crippen molar-refractivity contribution in [1.82, 2.24) is 24.4 Å². The van der Waals surface area contributed by atoms with Crippen molar-refractivity contribution in [1.29, 1.82) is 0 Å². The zero-order chi connectivity index (χ0) is 18.2. The van der Waals surface area contributed by atoms with Gasteiger partial charge in [0.1, 0.15) is 0 Å². The third-order valence-corrected chi connectivity index (χ3v) is 5.94. The van der Waals surface area contributed by atoms with Gasteiger partial charge in [0.15, 0.2) is 11.3 Å². The van der Waals surface area contributed by atoms with Crippen molar-refractivity contribution < 1.29 is 4.79 Å². The molecule has 0 N–H and O–H groups in total. The molecule has 3 aromatic rings. The fourth-order valence-electron chi connectivity index (χ4n) is 4.42. The number of benzene rings is 1. The predicted molar refractivity (Wildman–Crippen MR) is 103 cm³/mol. The molecule has 6 nitrogen and oxygen atoms in total. The Bertz CT molecular complexity index is 973. The van der Waals surface area contributed by atoms with Crippen molar-refractivity contribution in [2.45, 2.75) is 25.3 Å². The maximum atomic E-state index is 12.9. The van der Waals surface area contributed by atoms with Crippen LogP contribution in [-0.4, -0.2) is 62.5 Å². The summed E-state index contributed by atoms with van der Waals surface area (Å²) in [5, 5.41) is 4.26. The summed E-state index contributed by atoms with van der Waals surface area (Å²) in [5.74, 6) is 0.0230. The molecule has 138 valence electrons. The van der Waals surface area contributed by atoms with Gasteiger partial charge >= 0.3 is 0 Å². The molecular formula is C21H23N5O. The van der Waals surface area contributed by atoms with Crippen LogP contribution in [0.4, 0.5) is 0 Å². The van der Waals surface area contributed by atoms with Gasteiger partial charge < -0.3 is 4.90 Å². The lowest BCUT2D eigenvalue weighted by atomic mass is 9.87. The Morgan fingerprint density at radius 1 is 1.00 bits per heavy atom. The van der Waals surface area contributed by atoms with E-state index in [1.165, 1.54) is 17.5 Å². The summed E-state index contributed by atoms with van der Waals surface area (Å²) in [7, 11) is 0. The standard InChI is InChI=1S/C21H23N5O/c27-21(19-15-22-20-6-3-9-23-26(19)20)25-12-10-24(11-13-25)18-8-7-16-4-1-2-5-17(16)14-18/h1-6,9,15,18H,7-8,10-14H2/t18-/m0/s1. The average molecular weight is 361 g/mol. The lowest BCUT2D eigenvalue weighted by Gasteiger charge is -2.41. The third-order valence-electron chi connectivity index (χ3n) is 5.94. The molecule has 1 atom stereocenters. The number of hydrogen-bond donors (Lipinski definition) is 0. The first kappa shape index (κ1) is 16.4. The quantitative estimate of drug-likeness (QED) is 0.701. The first-order valence-electron chi connectivity index (χ1n) is 9.68. The number of fused-ring (bicyclic) bond motifs is 2. The van der Waals surface area contributed by atoms with E-state index < -0.39 is 0 Å². The Balaban J connectivity index is 1.25. The van der Waals surface area contributed by atoms with Crippen LogP contribution in [0.25, 0.3) is 5.65 Å². The molecule has 0 radical (unpaired) electrons. The van der Waals surface area contributed by atoms with E-state index in [0.717, 1.165) is 39.0 Å². The van der Waals surface area contributed by atoms with Crippen molar-refractivity contribution in [2.24, 2.45) is 0 Å². The minimum absolute atomic E-state index is 0.0230. The molecule has 1 aliphatic carbocycles. The number of carbonyl (C=O) groups is 1. The van der Waals surface area contributed by atoms with Gasteiger partial charge in [-0.25, -0.2) is 9.50 Å². The van der Waals surface area contributed by atoms with Gasteiger partial charge in [-0.05, 0) is 42.5 Å². The van der Waals surface area contributed by atoms with E-state index in [9.17, 15) is 4.79 Å². The van der Waals surface area contributed by atoms with Crippen molar-refractivity contribution in [3.8, 4) is 0 Å². The summed E-state index contributed by atoms with van der Waals surface area (Å²) in [4.78, 5) is 21.7. The number of amides is 1. The van der Waals surface area contributed by atoms with Crippen molar-refractivity contribution >= 4 is 11.6 Å². The van der Waals surface area contributed by atoms with E-state index in [-0.39, 0.29) is 5.91 Å². The Morgan fingerprint density at radius 2 is 1.81 bits per heavy atom. The van der Waals surface area contributed by atoms with Crippen molar-refractivity contribution in [3.05, 3.63) is 65.6 Å². The van der Waals surface area contributed by atoms with Crippen LogP contribution in [-0.2, 0) is 12.8 Å². The number of imidazole rings is 1. The van der Waals surface area contributed by atoms with Crippen LogP contribution >= 0.6 is 0 Å². The van der Waals surface area contributed by atoms with Crippen LogP contribution < -0.4 is 0 Å². The zero-order valence-corrected chi connectivity index (χ0v) is 15.3. The van der Waals surface area contributed by atoms with Gasteiger partial charge in [0.25, 0.3) is 5.91 Å². The number of piperazine rings is 1. The molecule has 5 rings (SSSR count). The number of carbonyl (C=O) groups excluding carboxylic acids is 1. The first-order chi connectivity index (χ1) is 13.3. The second kappa shape index (κ2) is 6.78. The topological polar surface area (TPSA) is 53.7 Å². The molecule has 0 bridgehead atoms. The van der Waals surface area contributed by atoms with Crippen LogP contribution in [0.5, 0.6) is 0 Å². The molecule has 0 unspecified atom stereocenters. The van der Waals surface area contributed by atoms with E-state index in [4.69, 9.17) is 0 Å². The van der Waals surface area contributed by atoms with E-state index in [1.54, 1.807) is 16.9 Å². The number of rotatable bonds is 2. The van der Waals surface area contributed by atoms with Gasteiger partial charge in [0.05, 0.1) is 6.20 Å². The van der Waals surface area contributed by atoms with Crippen LogP contribution in [0.15, 0.2) is 48.8 Å². The molecule has 2 aliphatic rings. The third kappa shape index (κ3) is 3.00. The molecule has 1 amide bonds. The summed E-state index contributed by atoms with van der Waals surface area (Å²) >= 11 is 0. The van der Waals surface area contributed by atoms with Crippen LogP contribution in [0.2, 0.25) is 0 Å². The fraction of sp³-hybridized carbons (Fsp3) is 0.381. The van der Waals surface area contributed by atoms with Gasteiger partial charge in [-0.15, -0.1) is 0 Å². The highest BCUT2D eigenvalue weighted by Gasteiger charge is 2.29. The average Bonchev–Trinajstić information content (AvgIpc) is 3.17. The Hall–Kier alpha value is -2.73. The number of nitrogens with zero attached hydrogens (tertiary/aromatic N) is 5. The molecule has 1 saturated heterocycles.